The molecule has 0 saturated carbocycles. The average Bonchev–Trinajstić information content (AvgIpc) is 2.16. The Morgan fingerprint density at radius 3 is 2.64 bits per heavy atom. The van der Waals surface area contributed by atoms with Crippen LogP contribution in [0.4, 0.5) is 0 Å². The smallest absolute Gasteiger partial charge is 0.314 e. The van der Waals surface area contributed by atoms with E-state index in [1.165, 1.54) is 0 Å². The van der Waals surface area contributed by atoms with E-state index in [1.54, 1.807) is 0 Å². The summed E-state index contributed by atoms with van der Waals surface area (Å²) in [7, 11) is 0.288. The van der Waals surface area contributed by atoms with Gasteiger partial charge in [-0.15, -0.1) is 0 Å². The molecular weight excluding hydrogens is 196 g/mol. The van der Waals surface area contributed by atoms with Gasteiger partial charge < -0.3 is 9.16 Å². The Kier molecular flexibility index (Phi) is 8.98. The molecule has 4 heteroatoms. The molecule has 0 atom stereocenters. The zero-order valence-electron chi connectivity index (χ0n) is 9.34. The second-order valence-corrected chi connectivity index (χ2v) is 4.43. The Balaban J connectivity index is 3.10. The van der Waals surface area contributed by atoms with E-state index in [2.05, 4.69) is 6.92 Å². The highest BCUT2D eigenvalue weighted by Crippen LogP contribution is 1.97. The number of carbonyl (C=O) groups is 1. The summed E-state index contributed by atoms with van der Waals surface area (Å²) in [6.07, 6.45) is 2.04. The predicted octanol–water partition coefficient (Wildman–Crippen LogP) is 2.04. The maximum atomic E-state index is 11.0. The summed E-state index contributed by atoms with van der Waals surface area (Å²) in [5.74, 6) is -0.114. The SMILES string of the molecule is CCCOCCC[Si]OC(=O)C(C)C. The molecule has 0 heterocycles. The number of hydrogen-bond donors (Lipinski definition) is 0. The average molecular weight is 216 g/mol. The number of hydrogen-bond acceptors (Lipinski definition) is 3. The molecule has 0 aromatic rings. The molecule has 0 unspecified atom stereocenters. The van der Waals surface area contributed by atoms with Crippen LogP contribution in [0.2, 0.25) is 6.04 Å². The Morgan fingerprint density at radius 1 is 1.36 bits per heavy atom. The fraction of sp³-hybridized carbons (Fsp3) is 0.900. The third kappa shape index (κ3) is 8.25. The van der Waals surface area contributed by atoms with Gasteiger partial charge in [-0.2, -0.15) is 0 Å². The van der Waals surface area contributed by atoms with E-state index in [1.807, 2.05) is 13.8 Å². The van der Waals surface area contributed by atoms with Gasteiger partial charge in [-0.25, -0.2) is 0 Å². The van der Waals surface area contributed by atoms with E-state index in [0.29, 0.717) is 0 Å². The molecule has 0 amide bonds. The predicted molar refractivity (Wildman–Crippen MR) is 57.2 cm³/mol. The zero-order chi connectivity index (χ0) is 10.8. The van der Waals surface area contributed by atoms with E-state index in [0.717, 1.165) is 32.1 Å². The maximum absolute atomic E-state index is 11.0. The van der Waals surface area contributed by atoms with E-state index in [4.69, 9.17) is 9.16 Å². The lowest BCUT2D eigenvalue weighted by Crippen LogP contribution is -2.14. The van der Waals surface area contributed by atoms with Crippen molar-refractivity contribution in [2.24, 2.45) is 5.92 Å². The minimum absolute atomic E-state index is 0.0150. The minimum atomic E-state index is -0.0993. The van der Waals surface area contributed by atoms with Crippen LogP contribution in [0.15, 0.2) is 0 Å². The molecule has 82 valence electrons. The summed E-state index contributed by atoms with van der Waals surface area (Å²) in [4.78, 5) is 11.0. The monoisotopic (exact) mass is 216 g/mol. The highest BCUT2D eigenvalue weighted by Gasteiger charge is 2.07. The molecule has 2 radical (unpaired) electrons. The Hall–Kier alpha value is -0.353. The molecule has 0 rings (SSSR count). The van der Waals surface area contributed by atoms with Crippen LogP contribution in [0.5, 0.6) is 0 Å². The van der Waals surface area contributed by atoms with Crippen LogP contribution in [0.3, 0.4) is 0 Å². The van der Waals surface area contributed by atoms with Crippen molar-refractivity contribution < 1.29 is 14.0 Å². The van der Waals surface area contributed by atoms with Crippen molar-refractivity contribution in [3.8, 4) is 0 Å². The molecule has 0 aromatic heterocycles. The molecule has 0 aliphatic heterocycles. The van der Waals surface area contributed by atoms with Gasteiger partial charge in [0.1, 0.15) is 0 Å². The van der Waals surface area contributed by atoms with Crippen molar-refractivity contribution in [2.75, 3.05) is 13.2 Å². The van der Waals surface area contributed by atoms with Crippen LogP contribution in [0, 0.1) is 5.92 Å². The van der Waals surface area contributed by atoms with Crippen molar-refractivity contribution in [1.82, 2.24) is 0 Å². The van der Waals surface area contributed by atoms with Crippen molar-refractivity contribution in [2.45, 2.75) is 39.7 Å². The molecule has 0 saturated heterocycles. The quantitative estimate of drug-likeness (QED) is 0.460. The van der Waals surface area contributed by atoms with Crippen LogP contribution in [0.1, 0.15) is 33.6 Å². The van der Waals surface area contributed by atoms with Gasteiger partial charge in [0.05, 0.1) is 0 Å². The van der Waals surface area contributed by atoms with Crippen molar-refractivity contribution in [1.29, 1.82) is 0 Å². The Labute approximate surface area is 89.1 Å². The molecule has 0 spiro atoms. The summed E-state index contributed by atoms with van der Waals surface area (Å²) >= 11 is 0. The minimum Gasteiger partial charge on any atom is -0.516 e. The van der Waals surface area contributed by atoms with Gasteiger partial charge in [-0.3, -0.25) is 4.79 Å². The van der Waals surface area contributed by atoms with Crippen LogP contribution in [-0.4, -0.2) is 28.9 Å². The van der Waals surface area contributed by atoms with Gasteiger partial charge in [0.15, 0.2) is 0 Å². The molecule has 0 aliphatic carbocycles. The molecule has 0 fully saturated rings. The fourth-order valence-electron chi connectivity index (χ4n) is 0.733. The fourth-order valence-corrected chi connectivity index (χ4v) is 1.50. The largest absolute Gasteiger partial charge is 0.516 e. The van der Waals surface area contributed by atoms with E-state index < -0.39 is 0 Å². The molecule has 0 aromatic carbocycles. The Morgan fingerprint density at radius 2 is 2.07 bits per heavy atom. The van der Waals surface area contributed by atoms with Crippen LogP contribution in [-0.2, 0) is 14.0 Å². The van der Waals surface area contributed by atoms with Gasteiger partial charge in [-0.1, -0.05) is 20.8 Å². The normalized spacial score (nSPS) is 10.6. The maximum Gasteiger partial charge on any atom is 0.314 e. The third-order valence-corrected chi connectivity index (χ3v) is 2.46. The van der Waals surface area contributed by atoms with E-state index >= 15 is 0 Å². The van der Waals surface area contributed by atoms with Crippen molar-refractivity contribution in [3.05, 3.63) is 0 Å². The second kappa shape index (κ2) is 9.21. The second-order valence-electron chi connectivity index (χ2n) is 3.44. The lowest BCUT2D eigenvalue weighted by Gasteiger charge is -2.05. The van der Waals surface area contributed by atoms with Gasteiger partial charge in [0.25, 0.3) is 5.97 Å². The van der Waals surface area contributed by atoms with Gasteiger partial charge >= 0.3 is 9.76 Å². The molecule has 0 bridgehead atoms. The van der Waals surface area contributed by atoms with Gasteiger partial charge in [-0.05, 0) is 18.9 Å². The first-order valence-corrected chi connectivity index (χ1v) is 6.31. The summed E-state index contributed by atoms with van der Waals surface area (Å²) in [5, 5.41) is 0. The first kappa shape index (κ1) is 13.6. The Bertz CT molecular complexity index is 148. The van der Waals surface area contributed by atoms with Crippen LogP contribution >= 0.6 is 0 Å². The van der Waals surface area contributed by atoms with Gasteiger partial charge in [0.2, 0.25) is 0 Å². The first-order valence-electron chi connectivity index (χ1n) is 5.19. The summed E-state index contributed by atoms with van der Waals surface area (Å²) in [6, 6.07) is 0.919. The van der Waals surface area contributed by atoms with Crippen molar-refractivity contribution in [3.63, 3.8) is 0 Å². The molecule has 0 N–H and O–H groups in total. The number of carbonyl (C=O) groups excluding carboxylic acids is 1. The molecule has 0 aliphatic rings. The lowest BCUT2D eigenvalue weighted by molar-refractivity contribution is -0.137. The van der Waals surface area contributed by atoms with E-state index in [9.17, 15) is 4.79 Å². The third-order valence-electron chi connectivity index (χ3n) is 1.56. The summed E-state index contributed by atoms with van der Waals surface area (Å²) in [5.41, 5.74) is 0. The highest BCUT2D eigenvalue weighted by molar-refractivity contribution is 6.30. The highest BCUT2D eigenvalue weighted by atomic mass is 28.2. The zero-order valence-corrected chi connectivity index (χ0v) is 10.3. The molecule has 3 nitrogen and oxygen atoms in total. The summed E-state index contributed by atoms with van der Waals surface area (Å²) in [6.45, 7) is 7.38. The number of ether oxygens (including phenoxy) is 1. The van der Waals surface area contributed by atoms with E-state index in [-0.39, 0.29) is 21.7 Å². The van der Waals surface area contributed by atoms with Crippen LogP contribution < -0.4 is 0 Å². The number of rotatable bonds is 8. The lowest BCUT2D eigenvalue weighted by atomic mass is 10.2. The molecule has 14 heavy (non-hydrogen) atoms. The topological polar surface area (TPSA) is 35.5 Å². The van der Waals surface area contributed by atoms with Crippen molar-refractivity contribution >= 4 is 15.7 Å². The van der Waals surface area contributed by atoms with Gasteiger partial charge in [0, 0.05) is 19.1 Å². The standard InChI is InChI=1S/C10H20O3Si/c1-4-6-12-7-5-8-14-13-10(11)9(2)3/h9H,4-8H2,1-3H3. The van der Waals surface area contributed by atoms with Crippen LogP contribution in [0.25, 0.3) is 0 Å². The first-order chi connectivity index (χ1) is 6.68. The summed E-state index contributed by atoms with van der Waals surface area (Å²) < 4.78 is 10.3. The molecular formula is C10H20O3Si.